The highest BCUT2D eigenvalue weighted by Crippen LogP contribution is 2.34. The number of rotatable bonds is 3. The van der Waals surface area contributed by atoms with Crippen molar-refractivity contribution in [3.05, 3.63) is 47.0 Å². The second-order valence-corrected chi connectivity index (χ2v) is 6.15. The number of likely N-dealkylation sites (N-methyl/N-ethyl adjacent to an activating group) is 1. The molecule has 0 aliphatic carbocycles. The average molecular weight is 316 g/mol. The van der Waals surface area contributed by atoms with Gasteiger partial charge >= 0.3 is 0 Å². The average Bonchev–Trinajstić information content (AvgIpc) is 2.52. The van der Waals surface area contributed by atoms with Crippen molar-refractivity contribution in [2.75, 3.05) is 20.7 Å². The molecule has 1 heterocycles. The number of nitrogens with one attached hydrogen (secondary N) is 1. The first-order valence-corrected chi connectivity index (χ1v) is 7.72. The zero-order valence-electron chi connectivity index (χ0n) is 13.3. The Labute approximate surface area is 135 Å². The Kier molecular flexibility index (Phi) is 4.05. The number of methoxy groups -OCH3 is 1. The van der Waals surface area contributed by atoms with Gasteiger partial charge in [-0.05, 0) is 35.4 Å². The van der Waals surface area contributed by atoms with Crippen LogP contribution in [0.25, 0.3) is 0 Å². The van der Waals surface area contributed by atoms with E-state index in [1.165, 1.54) is 12.0 Å². The number of phenolic OH excluding ortho intramolecular Hbond substituents is 3. The Balaban J connectivity index is 1.94. The van der Waals surface area contributed by atoms with Crippen molar-refractivity contribution in [3.63, 3.8) is 0 Å². The molecule has 4 N–H and O–H groups in total. The van der Waals surface area contributed by atoms with E-state index in [0.29, 0.717) is 5.75 Å². The van der Waals surface area contributed by atoms with Gasteiger partial charge in [0.25, 0.3) is 0 Å². The number of hydrogen-bond acceptors (Lipinski definition) is 4. The molecule has 0 amide bonds. The number of phenols is 3. The first-order valence-electron chi connectivity index (χ1n) is 7.72. The lowest BCUT2D eigenvalue weighted by molar-refractivity contribution is -0.914. The normalized spacial score (nSPS) is 20.1. The van der Waals surface area contributed by atoms with Gasteiger partial charge in [0, 0.05) is 18.4 Å². The van der Waals surface area contributed by atoms with Gasteiger partial charge in [-0.15, -0.1) is 0 Å². The fourth-order valence-electron chi connectivity index (χ4n) is 3.33. The van der Waals surface area contributed by atoms with E-state index < -0.39 is 0 Å². The van der Waals surface area contributed by atoms with Crippen LogP contribution in [-0.2, 0) is 12.8 Å². The van der Waals surface area contributed by atoms with E-state index in [1.807, 2.05) is 6.07 Å². The van der Waals surface area contributed by atoms with Gasteiger partial charge in [-0.2, -0.15) is 0 Å². The van der Waals surface area contributed by atoms with Crippen molar-refractivity contribution in [1.29, 1.82) is 0 Å². The first-order chi connectivity index (χ1) is 11.0. The van der Waals surface area contributed by atoms with E-state index in [-0.39, 0.29) is 23.3 Å². The summed E-state index contributed by atoms with van der Waals surface area (Å²) in [5, 5.41) is 29.5. The summed E-state index contributed by atoms with van der Waals surface area (Å²) in [6.07, 6.45) is 1.61. The van der Waals surface area contributed by atoms with E-state index in [0.717, 1.165) is 36.1 Å². The van der Waals surface area contributed by atoms with Gasteiger partial charge in [0.2, 0.25) is 0 Å². The molecule has 5 nitrogen and oxygen atoms in total. The van der Waals surface area contributed by atoms with Crippen molar-refractivity contribution in [2.24, 2.45) is 0 Å². The summed E-state index contributed by atoms with van der Waals surface area (Å²) in [5.74, 6) is 0.443. The van der Waals surface area contributed by atoms with Crippen molar-refractivity contribution in [3.8, 4) is 23.0 Å². The second-order valence-electron chi connectivity index (χ2n) is 6.15. The van der Waals surface area contributed by atoms with Crippen LogP contribution in [0.4, 0.5) is 0 Å². The SMILES string of the molecule is COc1ccc(C[C@H]2c3cc(O)c(O)cc3CC[NH+]2C)cc1O. The minimum atomic E-state index is -0.0824. The third-order valence-corrected chi connectivity index (χ3v) is 4.68. The van der Waals surface area contributed by atoms with Gasteiger partial charge in [-0.3, -0.25) is 0 Å². The molecule has 5 heteroatoms. The molecule has 2 atom stereocenters. The lowest BCUT2D eigenvalue weighted by Gasteiger charge is -2.32. The van der Waals surface area contributed by atoms with Crippen molar-refractivity contribution >= 4 is 0 Å². The van der Waals surface area contributed by atoms with E-state index in [4.69, 9.17) is 4.74 Å². The topological polar surface area (TPSA) is 74.4 Å². The van der Waals surface area contributed by atoms with Gasteiger partial charge in [0.05, 0.1) is 20.7 Å². The molecule has 3 rings (SSSR count). The van der Waals surface area contributed by atoms with Crippen LogP contribution >= 0.6 is 0 Å². The quantitative estimate of drug-likeness (QED) is 0.641. The molecule has 1 unspecified atom stereocenters. The Hall–Kier alpha value is -2.40. The van der Waals surface area contributed by atoms with Crippen LogP contribution in [0, 0.1) is 0 Å². The molecule has 0 fully saturated rings. The predicted octanol–water partition coefficient (Wildman–Crippen LogP) is 1.17. The molecule has 0 radical (unpaired) electrons. The Morgan fingerprint density at radius 1 is 1.09 bits per heavy atom. The smallest absolute Gasteiger partial charge is 0.160 e. The number of aromatic hydroxyl groups is 3. The van der Waals surface area contributed by atoms with Gasteiger partial charge < -0.3 is 25.0 Å². The molecule has 2 aromatic rings. The molecule has 0 saturated carbocycles. The zero-order chi connectivity index (χ0) is 16.6. The summed E-state index contributed by atoms with van der Waals surface area (Å²) in [7, 11) is 3.65. The van der Waals surface area contributed by atoms with Gasteiger partial charge in [-0.1, -0.05) is 6.07 Å². The minimum Gasteiger partial charge on any atom is -0.504 e. The van der Waals surface area contributed by atoms with E-state index in [2.05, 4.69) is 7.05 Å². The Morgan fingerprint density at radius 2 is 1.83 bits per heavy atom. The summed E-state index contributed by atoms with van der Waals surface area (Å²) in [5.41, 5.74) is 3.14. The zero-order valence-corrected chi connectivity index (χ0v) is 13.3. The van der Waals surface area contributed by atoms with Gasteiger partial charge in [-0.25, -0.2) is 0 Å². The molecule has 0 aromatic heterocycles. The lowest BCUT2D eigenvalue weighted by Crippen LogP contribution is -3.10. The fourth-order valence-corrected chi connectivity index (χ4v) is 3.33. The van der Waals surface area contributed by atoms with Crippen LogP contribution in [0.3, 0.4) is 0 Å². The summed E-state index contributed by atoms with van der Waals surface area (Å²) < 4.78 is 5.08. The maximum absolute atomic E-state index is 9.96. The van der Waals surface area contributed by atoms with E-state index >= 15 is 0 Å². The molecule has 0 saturated heterocycles. The van der Waals surface area contributed by atoms with Crippen molar-refractivity contribution < 1.29 is 25.0 Å². The second kappa shape index (κ2) is 6.01. The van der Waals surface area contributed by atoms with E-state index in [9.17, 15) is 15.3 Å². The van der Waals surface area contributed by atoms with Crippen LogP contribution in [0.5, 0.6) is 23.0 Å². The molecule has 0 bridgehead atoms. The highest BCUT2D eigenvalue weighted by Gasteiger charge is 2.30. The monoisotopic (exact) mass is 316 g/mol. The van der Waals surface area contributed by atoms with Gasteiger partial charge in [0.1, 0.15) is 6.04 Å². The Bertz CT molecular complexity index is 729. The summed E-state index contributed by atoms with van der Waals surface area (Å²) in [6.45, 7) is 0.962. The third kappa shape index (κ3) is 2.92. The number of ether oxygens (including phenoxy) is 1. The molecule has 1 aliphatic heterocycles. The lowest BCUT2D eigenvalue weighted by atomic mass is 9.88. The maximum Gasteiger partial charge on any atom is 0.160 e. The summed E-state index contributed by atoms with van der Waals surface area (Å²) in [6, 6.07) is 8.92. The third-order valence-electron chi connectivity index (χ3n) is 4.68. The standard InChI is InChI=1S/C18H21NO4/c1-19-6-5-12-9-15(20)16(21)10-13(12)14(19)7-11-3-4-18(23-2)17(22)8-11/h3-4,8-10,14,20-22H,5-7H2,1-2H3/p+1/t14-/m0/s1. The maximum atomic E-state index is 9.96. The van der Waals surface area contributed by atoms with Crippen molar-refractivity contribution in [1.82, 2.24) is 0 Å². The number of hydrogen-bond donors (Lipinski definition) is 4. The molecule has 23 heavy (non-hydrogen) atoms. The molecule has 1 aliphatic rings. The van der Waals surface area contributed by atoms with Gasteiger partial charge in [0.15, 0.2) is 23.0 Å². The summed E-state index contributed by atoms with van der Waals surface area (Å²) in [4.78, 5) is 1.35. The predicted molar refractivity (Wildman–Crippen MR) is 86.3 cm³/mol. The van der Waals surface area contributed by atoms with Crippen molar-refractivity contribution in [2.45, 2.75) is 18.9 Å². The van der Waals surface area contributed by atoms with Crippen LogP contribution < -0.4 is 9.64 Å². The highest BCUT2D eigenvalue weighted by molar-refractivity contribution is 5.48. The van der Waals surface area contributed by atoms with Crippen LogP contribution in [0.2, 0.25) is 0 Å². The van der Waals surface area contributed by atoms with Crippen LogP contribution in [-0.4, -0.2) is 36.0 Å². The first kappa shape index (κ1) is 15.5. The largest absolute Gasteiger partial charge is 0.504 e. The summed E-state index contributed by atoms with van der Waals surface area (Å²) >= 11 is 0. The fraction of sp³-hybridized carbons (Fsp3) is 0.333. The molecular weight excluding hydrogens is 294 g/mol. The molecular formula is C18H22NO4+. The van der Waals surface area contributed by atoms with E-state index in [1.54, 1.807) is 24.3 Å². The van der Waals surface area contributed by atoms with Crippen LogP contribution in [0.15, 0.2) is 30.3 Å². The molecule has 122 valence electrons. The molecule has 0 spiro atoms. The number of benzene rings is 2. The minimum absolute atomic E-state index is 0.0656. The number of quaternary nitrogens is 1. The van der Waals surface area contributed by atoms with Crippen LogP contribution in [0.1, 0.15) is 22.7 Å². The molecule has 2 aromatic carbocycles. The Morgan fingerprint density at radius 3 is 2.52 bits per heavy atom. The highest BCUT2D eigenvalue weighted by atomic mass is 16.5. The number of fused-ring (bicyclic) bond motifs is 1.